The maximum Gasteiger partial charge on any atom is 0.257 e. The number of aliphatic hydroxyl groups is 1. The van der Waals surface area contributed by atoms with Crippen LogP contribution in [0.4, 0.5) is 5.69 Å². The highest BCUT2D eigenvalue weighted by Gasteiger charge is 2.24. The Morgan fingerprint density at radius 3 is 2.88 bits per heavy atom. The fraction of sp³-hybridized carbons (Fsp3) is 0.368. The van der Waals surface area contributed by atoms with Gasteiger partial charge in [-0.05, 0) is 49.6 Å². The first-order chi connectivity index (χ1) is 11.4. The van der Waals surface area contributed by atoms with Crippen molar-refractivity contribution in [2.75, 3.05) is 18.4 Å². The molecule has 126 valence electrons. The molecule has 5 heteroatoms. The average Bonchev–Trinajstić information content (AvgIpc) is 2.54. The van der Waals surface area contributed by atoms with Gasteiger partial charge in [0.05, 0.1) is 11.2 Å². The van der Waals surface area contributed by atoms with Crippen LogP contribution in [0.3, 0.4) is 0 Å². The van der Waals surface area contributed by atoms with E-state index >= 15 is 0 Å². The van der Waals surface area contributed by atoms with Crippen LogP contribution >= 0.6 is 0 Å². The van der Waals surface area contributed by atoms with E-state index in [0.717, 1.165) is 25.2 Å². The lowest BCUT2D eigenvalue weighted by Crippen LogP contribution is -2.41. The van der Waals surface area contributed by atoms with Crippen molar-refractivity contribution in [2.45, 2.75) is 32.4 Å². The number of nitrogens with zero attached hydrogens (tertiary/aromatic N) is 2. The molecular formula is C19H23N3O2. The molecule has 0 saturated carbocycles. The van der Waals surface area contributed by atoms with Crippen molar-refractivity contribution in [3.05, 3.63) is 59.4 Å². The smallest absolute Gasteiger partial charge is 0.257 e. The molecule has 0 fully saturated rings. The molecule has 0 aliphatic carbocycles. The fourth-order valence-electron chi connectivity index (χ4n) is 3.16. The predicted octanol–water partition coefficient (Wildman–Crippen LogP) is 2.46. The van der Waals surface area contributed by atoms with Crippen molar-refractivity contribution in [1.82, 2.24) is 9.88 Å². The summed E-state index contributed by atoms with van der Waals surface area (Å²) in [5.74, 6) is -0.143. The number of pyridine rings is 1. The molecular weight excluding hydrogens is 302 g/mol. The van der Waals surface area contributed by atoms with Crippen molar-refractivity contribution in [3.8, 4) is 0 Å². The van der Waals surface area contributed by atoms with E-state index in [9.17, 15) is 9.90 Å². The molecule has 1 aliphatic rings. The average molecular weight is 325 g/mol. The van der Waals surface area contributed by atoms with Crippen molar-refractivity contribution in [1.29, 1.82) is 0 Å². The molecule has 2 aromatic rings. The Bertz CT molecular complexity index is 723. The molecule has 0 radical (unpaired) electrons. The molecule has 24 heavy (non-hydrogen) atoms. The number of carbonyl (C=O) groups excluding carboxylic acids is 1. The zero-order valence-corrected chi connectivity index (χ0v) is 14.1. The normalized spacial score (nSPS) is 15.0. The van der Waals surface area contributed by atoms with Gasteiger partial charge < -0.3 is 10.4 Å². The van der Waals surface area contributed by atoms with Crippen LogP contribution in [0.5, 0.6) is 0 Å². The third-order valence-corrected chi connectivity index (χ3v) is 4.13. The minimum Gasteiger partial charge on any atom is -0.389 e. The third kappa shape index (κ3) is 3.99. The summed E-state index contributed by atoms with van der Waals surface area (Å²) in [5, 5.41) is 13.0. The number of carbonyl (C=O) groups is 1. The summed E-state index contributed by atoms with van der Waals surface area (Å²) in [6.45, 7) is 5.95. The third-order valence-electron chi connectivity index (χ3n) is 4.13. The molecule has 0 saturated heterocycles. The van der Waals surface area contributed by atoms with Crippen LogP contribution in [0.2, 0.25) is 0 Å². The van der Waals surface area contributed by atoms with Gasteiger partial charge in [-0.15, -0.1) is 0 Å². The van der Waals surface area contributed by atoms with Crippen molar-refractivity contribution in [3.63, 3.8) is 0 Å². The number of benzene rings is 1. The molecule has 2 N–H and O–H groups in total. The molecule has 2 heterocycles. The summed E-state index contributed by atoms with van der Waals surface area (Å²) >= 11 is 0. The Labute approximate surface area is 142 Å². The second kappa shape index (κ2) is 6.71. The van der Waals surface area contributed by atoms with Crippen LogP contribution < -0.4 is 5.32 Å². The summed E-state index contributed by atoms with van der Waals surface area (Å²) in [5.41, 5.74) is 3.10. The van der Waals surface area contributed by atoms with E-state index in [4.69, 9.17) is 0 Å². The van der Waals surface area contributed by atoms with Crippen LogP contribution in [0.15, 0.2) is 42.7 Å². The van der Waals surface area contributed by atoms with Crippen molar-refractivity contribution >= 4 is 11.6 Å². The highest BCUT2D eigenvalue weighted by Crippen LogP contribution is 2.27. The summed E-state index contributed by atoms with van der Waals surface area (Å²) in [4.78, 5) is 18.6. The van der Waals surface area contributed by atoms with Gasteiger partial charge in [0.15, 0.2) is 0 Å². The van der Waals surface area contributed by atoms with Gasteiger partial charge in [0, 0.05) is 37.7 Å². The number of aromatic nitrogens is 1. The van der Waals surface area contributed by atoms with Gasteiger partial charge in [0.1, 0.15) is 0 Å². The van der Waals surface area contributed by atoms with Crippen LogP contribution in [0.1, 0.15) is 35.3 Å². The van der Waals surface area contributed by atoms with Crippen LogP contribution in [0.25, 0.3) is 0 Å². The van der Waals surface area contributed by atoms with Gasteiger partial charge >= 0.3 is 0 Å². The van der Waals surface area contributed by atoms with E-state index in [-0.39, 0.29) is 5.91 Å². The SMILES string of the molecule is CC(C)(O)CN1CCc2c(cccc2NC(=O)c2cccnc2)C1. The van der Waals surface area contributed by atoms with Crippen molar-refractivity contribution in [2.24, 2.45) is 0 Å². The Balaban J connectivity index is 1.76. The van der Waals surface area contributed by atoms with Gasteiger partial charge in [-0.25, -0.2) is 0 Å². The van der Waals surface area contributed by atoms with Gasteiger partial charge in [0.2, 0.25) is 0 Å². The van der Waals surface area contributed by atoms with E-state index in [1.165, 1.54) is 11.1 Å². The maximum atomic E-state index is 12.4. The molecule has 1 aromatic heterocycles. The molecule has 0 spiro atoms. The number of anilines is 1. The first-order valence-electron chi connectivity index (χ1n) is 8.19. The summed E-state index contributed by atoms with van der Waals surface area (Å²) < 4.78 is 0. The number of amides is 1. The molecule has 0 bridgehead atoms. The summed E-state index contributed by atoms with van der Waals surface area (Å²) in [6, 6.07) is 9.50. The van der Waals surface area contributed by atoms with Gasteiger partial charge in [-0.3, -0.25) is 14.7 Å². The van der Waals surface area contributed by atoms with E-state index < -0.39 is 5.60 Å². The molecule has 5 nitrogen and oxygen atoms in total. The molecule has 0 atom stereocenters. The second-order valence-corrected chi connectivity index (χ2v) is 6.91. The molecule has 1 aromatic carbocycles. The van der Waals surface area contributed by atoms with E-state index in [1.807, 2.05) is 26.0 Å². The van der Waals surface area contributed by atoms with E-state index in [0.29, 0.717) is 12.1 Å². The lowest BCUT2D eigenvalue weighted by molar-refractivity contribution is 0.0318. The minimum atomic E-state index is -0.705. The van der Waals surface area contributed by atoms with Gasteiger partial charge in [-0.2, -0.15) is 0 Å². The fourth-order valence-corrected chi connectivity index (χ4v) is 3.16. The van der Waals surface area contributed by atoms with E-state index in [2.05, 4.69) is 21.3 Å². The predicted molar refractivity (Wildman–Crippen MR) is 93.9 cm³/mol. The standard InChI is InChI=1S/C19H23N3O2/c1-19(2,24)13-22-10-8-16-15(12-22)5-3-7-17(16)21-18(23)14-6-4-9-20-11-14/h3-7,9,11,24H,8,10,12-13H2,1-2H3,(H,21,23). The monoisotopic (exact) mass is 325 g/mol. The van der Waals surface area contributed by atoms with Crippen LogP contribution in [-0.2, 0) is 13.0 Å². The molecule has 0 unspecified atom stereocenters. The summed E-state index contributed by atoms with van der Waals surface area (Å²) in [6.07, 6.45) is 4.07. The number of fused-ring (bicyclic) bond motifs is 1. The lowest BCUT2D eigenvalue weighted by Gasteiger charge is -2.33. The largest absolute Gasteiger partial charge is 0.389 e. The second-order valence-electron chi connectivity index (χ2n) is 6.91. The topological polar surface area (TPSA) is 65.5 Å². The van der Waals surface area contributed by atoms with Crippen LogP contribution in [0, 0.1) is 0 Å². The quantitative estimate of drug-likeness (QED) is 0.906. The minimum absolute atomic E-state index is 0.143. The number of hydrogen-bond donors (Lipinski definition) is 2. The van der Waals surface area contributed by atoms with Gasteiger partial charge in [0.25, 0.3) is 5.91 Å². The number of hydrogen-bond acceptors (Lipinski definition) is 4. The highest BCUT2D eigenvalue weighted by atomic mass is 16.3. The Morgan fingerprint density at radius 1 is 1.33 bits per heavy atom. The molecule has 3 rings (SSSR count). The van der Waals surface area contributed by atoms with Gasteiger partial charge in [-0.1, -0.05) is 12.1 Å². The zero-order chi connectivity index (χ0) is 17.2. The summed E-state index contributed by atoms with van der Waals surface area (Å²) in [7, 11) is 0. The van der Waals surface area contributed by atoms with E-state index in [1.54, 1.807) is 24.5 Å². The van der Waals surface area contributed by atoms with Crippen molar-refractivity contribution < 1.29 is 9.90 Å². The molecule has 1 aliphatic heterocycles. The first-order valence-corrected chi connectivity index (χ1v) is 8.19. The first kappa shape index (κ1) is 16.6. The number of nitrogens with one attached hydrogen (secondary N) is 1. The molecule has 1 amide bonds. The maximum absolute atomic E-state index is 12.4. The Morgan fingerprint density at radius 2 is 2.17 bits per heavy atom. The zero-order valence-electron chi connectivity index (χ0n) is 14.1. The lowest BCUT2D eigenvalue weighted by atomic mass is 9.96. The number of β-amino-alcohol motifs (C(OH)–C–C–N with tert-alkyl or cyclic N) is 1. The number of rotatable bonds is 4. The highest BCUT2D eigenvalue weighted by molar-refractivity contribution is 6.04. The Kier molecular flexibility index (Phi) is 4.64. The Hall–Kier alpha value is -2.24. The van der Waals surface area contributed by atoms with Crippen LogP contribution in [-0.4, -0.2) is 39.6 Å².